The van der Waals surface area contributed by atoms with Gasteiger partial charge in [0.25, 0.3) is 0 Å². The van der Waals surface area contributed by atoms with Crippen molar-refractivity contribution in [3.8, 4) is 5.75 Å². The summed E-state index contributed by atoms with van der Waals surface area (Å²) in [4.78, 5) is 11.6. The second kappa shape index (κ2) is 11.8. The number of nitrogens with one attached hydrogen (secondary N) is 1. The summed E-state index contributed by atoms with van der Waals surface area (Å²) in [5.41, 5.74) is 2.13. The fourth-order valence-electron chi connectivity index (χ4n) is 2.55. The molecule has 0 aliphatic heterocycles. The molecule has 0 saturated carbocycles. The minimum atomic E-state index is -0.492. The molecule has 148 valence electrons. The first kappa shape index (κ1) is 23.2. The monoisotopic (exact) mass is 391 g/mol. The molecule has 0 aliphatic rings. The standard InChI is InChI=1S/C22H29NO3.ClH/c1-16(2)22(25)26-20-13-11-18(12-14-20)10-9-17(3)23-15-21(24)19-7-5-4-6-8-19;/h4-8,11-14,16-17,21,23-24H,9-10,15H2,1-3H3;1H/t17-,21-;/m0./s1. The van der Waals surface area contributed by atoms with E-state index in [-0.39, 0.29) is 24.3 Å². The number of carbonyl (C=O) groups excluding carboxylic acids is 1. The highest BCUT2D eigenvalue weighted by Crippen LogP contribution is 2.16. The van der Waals surface area contributed by atoms with Gasteiger partial charge in [-0.25, -0.2) is 0 Å². The SMILES string of the molecule is CC(C)C(=O)Oc1ccc(CC[C@H](C)NC[C@H](O)c2ccccc2)cc1.Cl. The van der Waals surface area contributed by atoms with Gasteiger partial charge in [-0.05, 0) is 43.0 Å². The van der Waals surface area contributed by atoms with Crippen LogP contribution < -0.4 is 10.1 Å². The highest BCUT2D eigenvalue weighted by molar-refractivity contribution is 5.85. The van der Waals surface area contributed by atoms with Crippen LogP contribution in [0.5, 0.6) is 5.75 Å². The normalized spacial score (nSPS) is 12.9. The van der Waals surface area contributed by atoms with Crippen LogP contribution in [-0.2, 0) is 11.2 Å². The molecule has 0 radical (unpaired) electrons. The zero-order valence-corrected chi connectivity index (χ0v) is 17.0. The van der Waals surface area contributed by atoms with E-state index in [9.17, 15) is 9.90 Å². The molecule has 0 fully saturated rings. The molecular formula is C22H30ClNO3. The molecule has 0 aromatic heterocycles. The molecule has 0 unspecified atom stereocenters. The molecule has 0 bridgehead atoms. The molecule has 2 aromatic carbocycles. The Bertz CT molecular complexity index is 674. The lowest BCUT2D eigenvalue weighted by Crippen LogP contribution is -2.30. The summed E-state index contributed by atoms with van der Waals surface area (Å²) in [7, 11) is 0. The van der Waals surface area contributed by atoms with E-state index in [0.29, 0.717) is 18.3 Å². The molecular weight excluding hydrogens is 362 g/mol. The number of halogens is 1. The minimum absolute atomic E-state index is 0. The van der Waals surface area contributed by atoms with Gasteiger partial charge in [0.15, 0.2) is 0 Å². The quantitative estimate of drug-likeness (QED) is 0.494. The molecule has 27 heavy (non-hydrogen) atoms. The second-order valence-corrected chi connectivity index (χ2v) is 6.99. The van der Waals surface area contributed by atoms with E-state index in [2.05, 4.69) is 12.2 Å². The second-order valence-electron chi connectivity index (χ2n) is 6.99. The molecule has 0 saturated heterocycles. The van der Waals surface area contributed by atoms with Crippen molar-refractivity contribution in [3.63, 3.8) is 0 Å². The van der Waals surface area contributed by atoms with Gasteiger partial charge in [0, 0.05) is 12.6 Å². The Hall–Kier alpha value is -1.88. The van der Waals surface area contributed by atoms with Crippen LogP contribution in [0.1, 0.15) is 44.4 Å². The van der Waals surface area contributed by atoms with Gasteiger partial charge < -0.3 is 15.2 Å². The van der Waals surface area contributed by atoms with E-state index in [0.717, 1.165) is 18.4 Å². The maximum absolute atomic E-state index is 11.6. The van der Waals surface area contributed by atoms with E-state index < -0.39 is 6.10 Å². The van der Waals surface area contributed by atoms with Crippen molar-refractivity contribution < 1.29 is 14.6 Å². The number of rotatable bonds is 9. The van der Waals surface area contributed by atoms with E-state index >= 15 is 0 Å². The summed E-state index contributed by atoms with van der Waals surface area (Å²) in [5.74, 6) is 0.241. The third-order valence-electron chi connectivity index (χ3n) is 4.32. The van der Waals surface area contributed by atoms with Crippen LogP contribution in [0.4, 0.5) is 0 Å². The van der Waals surface area contributed by atoms with Crippen LogP contribution in [0, 0.1) is 5.92 Å². The predicted octanol–water partition coefficient (Wildman–Crippen LogP) is 4.31. The minimum Gasteiger partial charge on any atom is -0.426 e. The highest BCUT2D eigenvalue weighted by Gasteiger charge is 2.11. The molecule has 2 atom stereocenters. The first-order valence-electron chi connectivity index (χ1n) is 9.22. The molecule has 5 heteroatoms. The average molecular weight is 392 g/mol. The Labute approximate surface area is 168 Å². The third kappa shape index (κ3) is 8.12. The van der Waals surface area contributed by atoms with Crippen LogP contribution in [-0.4, -0.2) is 23.7 Å². The number of carbonyl (C=O) groups is 1. The molecule has 0 aliphatic carbocycles. The van der Waals surface area contributed by atoms with Gasteiger partial charge in [0.2, 0.25) is 0 Å². The predicted molar refractivity (Wildman–Crippen MR) is 111 cm³/mol. The number of hydrogen-bond donors (Lipinski definition) is 2. The number of benzene rings is 2. The largest absolute Gasteiger partial charge is 0.426 e. The van der Waals surface area contributed by atoms with Crippen LogP contribution in [0.2, 0.25) is 0 Å². The number of hydrogen-bond acceptors (Lipinski definition) is 4. The number of aryl methyl sites for hydroxylation is 1. The summed E-state index contributed by atoms with van der Waals surface area (Å²) in [6, 6.07) is 17.7. The van der Waals surface area contributed by atoms with Crippen LogP contribution in [0.25, 0.3) is 0 Å². The smallest absolute Gasteiger partial charge is 0.313 e. The van der Waals surface area contributed by atoms with Gasteiger partial charge in [0.05, 0.1) is 12.0 Å². The highest BCUT2D eigenvalue weighted by atomic mass is 35.5. The molecule has 4 nitrogen and oxygen atoms in total. The number of aliphatic hydroxyl groups excluding tert-OH is 1. The summed E-state index contributed by atoms with van der Waals surface area (Å²) >= 11 is 0. The van der Waals surface area contributed by atoms with Crippen molar-refractivity contribution in [2.75, 3.05) is 6.54 Å². The molecule has 0 spiro atoms. The summed E-state index contributed by atoms with van der Waals surface area (Å²) in [6.45, 7) is 6.30. The first-order valence-corrected chi connectivity index (χ1v) is 9.22. The Morgan fingerprint density at radius 2 is 1.67 bits per heavy atom. The molecule has 0 heterocycles. The lowest BCUT2D eigenvalue weighted by atomic mass is 10.1. The van der Waals surface area contributed by atoms with E-state index in [1.54, 1.807) is 0 Å². The zero-order valence-electron chi connectivity index (χ0n) is 16.2. The van der Waals surface area contributed by atoms with E-state index in [4.69, 9.17) is 4.74 Å². The van der Waals surface area contributed by atoms with Crippen LogP contribution in [0.3, 0.4) is 0 Å². The number of aliphatic hydroxyl groups is 1. The van der Waals surface area contributed by atoms with Crippen molar-refractivity contribution in [2.24, 2.45) is 5.92 Å². The summed E-state index contributed by atoms with van der Waals surface area (Å²) < 4.78 is 5.28. The average Bonchev–Trinajstić information content (AvgIpc) is 2.66. The fourth-order valence-corrected chi connectivity index (χ4v) is 2.55. The Balaban J connectivity index is 0.00000364. The third-order valence-corrected chi connectivity index (χ3v) is 4.32. The maximum atomic E-state index is 11.6. The molecule has 2 aromatic rings. The van der Waals surface area contributed by atoms with Crippen molar-refractivity contribution in [2.45, 2.75) is 45.8 Å². The lowest BCUT2D eigenvalue weighted by Gasteiger charge is -2.17. The van der Waals surface area contributed by atoms with Crippen molar-refractivity contribution >= 4 is 18.4 Å². The number of esters is 1. The van der Waals surface area contributed by atoms with Gasteiger partial charge in [0.1, 0.15) is 5.75 Å². The Morgan fingerprint density at radius 3 is 2.26 bits per heavy atom. The van der Waals surface area contributed by atoms with Crippen molar-refractivity contribution in [1.82, 2.24) is 5.32 Å². The molecule has 2 rings (SSSR count). The van der Waals surface area contributed by atoms with Crippen LogP contribution in [0.15, 0.2) is 54.6 Å². The van der Waals surface area contributed by atoms with Crippen molar-refractivity contribution in [3.05, 3.63) is 65.7 Å². The summed E-state index contributed by atoms with van der Waals surface area (Å²) in [5, 5.41) is 13.6. The summed E-state index contributed by atoms with van der Waals surface area (Å²) in [6.07, 6.45) is 1.40. The van der Waals surface area contributed by atoms with Gasteiger partial charge in [-0.2, -0.15) is 0 Å². The van der Waals surface area contributed by atoms with Crippen molar-refractivity contribution in [1.29, 1.82) is 0 Å². The fraction of sp³-hybridized carbons (Fsp3) is 0.409. The molecule has 2 N–H and O–H groups in total. The van der Waals surface area contributed by atoms with E-state index in [1.165, 1.54) is 5.56 Å². The zero-order chi connectivity index (χ0) is 18.9. The van der Waals surface area contributed by atoms with Gasteiger partial charge in [-0.1, -0.05) is 56.3 Å². The number of ether oxygens (including phenoxy) is 1. The Morgan fingerprint density at radius 1 is 1.04 bits per heavy atom. The molecule has 0 amide bonds. The van der Waals surface area contributed by atoms with Gasteiger partial charge >= 0.3 is 5.97 Å². The van der Waals surface area contributed by atoms with Gasteiger partial charge in [-0.3, -0.25) is 4.79 Å². The van der Waals surface area contributed by atoms with Gasteiger partial charge in [-0.15, -0.1) is 12.4 Å². The van der Waals surface area contributed by atoms with E-state index in [1.807, 2.05) is 68.4 Å². The first-order chi connectivity index (χ1) is 12.5. The van der Waals surface area contributed by atoms with Crippen LogP contribution >= 0.6 is 12.4 Å². The maximum Gasteiger partial charge on any atom is 0.313 e. The Kier molecular flexibility index (Phi) is 10.1. The lowest BCUT2D eigenvalue weighted by molar-refractivity contribution is -0.137. The topological polar surface area (TPSA) is 58.6 Å².